The summed E-state index contributed by atoms with van der Waals surface area (Å²) in [6.45, 7) is 0. The molecule has 1 aromatic heterocycles. The van der Waals surface area contributed by atoms with Crippen LogP contribution in [0.3, 0.4) is 0 Å². The summed E-state index contributed by atoms with van der Waals surface area (Å²) in [4.78, 5) is 19.6. The Hall–Kier alpha value is -3.15. The van der Waals surface area contributed by atoms with Crippen molar-refractivity contribution in [3.05, 3.63) is 54.1 Å². The zero-order valence-electron chi connectivity index (χ0n) is 11.0. The number of amides is 1. The highest BCUT2D eigenvalue weighted by molar-refractivity contribution is 5.96. The molecule has 0 aliphatic heterocycles. The molecule has 6 heteroatoms. The molecule has 3 rings (SSSR count). The Morgan fingerprint density at radius 1 is 1.00 bits per heavy atom. The van der Waals surface area contributed by atoms with Crippen LogP contribution in [0.5, 0.6) is 11.6 Å². The summed E-state index contributed by atoms with van der Waals surface area (Å²) in [6, 6.07) is 14.0. The van der Waals surface area contributed by atoms with Crippen LogP contribution in [0.4, 0.5) is 5.95 Å². The molecule has 1 heterocycles. The van der Waals surface area contributed by atoms with Crippen LogP contribution >= 0.6 is 0 Å². The maximum atomic E-state index is 11.4. The minimum Gasteiger partial charge on any atom is -0.437 e. The molecule has 0 fully saturated rings. The Kier molecular flexibility index (Phi) is 3.12. The van der Waals surface area contributed by atoms with Gasteiger partial charge in [0.1, 0.15) is 5.75 Å². The van der Waals surface area contributed by atoms with Gasteiger partial charge in [-0.1, -0.05) is 24.3 Å². The normalized spacial score (nSPS) is 10.5. The fourth-order valence-electron chi connectivity index (χ4n) is 2.01. The maximum absolute atomic E-state index is 11.4. The Morgan fingerprint density at radius 2 is 1.71 bits per heavy atom. The van der Waals surface area contributed by atoms with Gasteiger partial charge in [0.25, 0.3) is 5.91 Å². The second kappa shape index (κ2) is 5.09. The minimum atomic E-state index is -0.572. The number of para-hydroxylation sites is 2. The number of nitrogens with two attached hydrogens (primary N) is 2. The summed E-state index contributed by atoms with van der Waals surface area (Å²) in [5, 5.41) is 0.700. The zero-order chi connectivity index (χ0) is 14.8. The van der Waals surface area contributed by atoms with E-state index in [4.69, 9.17) is 16.2 Å². The lowest BCUT2D eigenvalue weighted by molar-refractivity contribution is 0.0998. The van der Waals surface area contributed by atoms with Crippen LogP contribution in [-0.2, 0) is 0 Å². The number of benzene rings is 2. The van der Waals surface area contributed by atoms with Crippen LogP contribution in [0.15, 0.2) is 48.5 Å². The summed E-state index contributed by atoms with van der Waals surface area (Å²) >= 11 is 0. The molecule has 0 spiro atoms. The Balaban J connectivity index is 2.13. The van der Waals surface area contributed by atoms with Crippen molar-refractivity contribution in [2.24, 2.45) is 5.73 Å². The molecular formula is C15H12N4O2. The molecule has 6 nitrogen and oxygen atoms in total. The maximum Gasteiger partial charge on any atom is 0.252 e. The van der Waals surface area contributed by atoms with E-state index in [0.29, 0.717) is 16.7 Å². The summed E-state index contributed by atoms with van der Waals surface area (Å²) in [7, 11) is 0. The van der Waals surface area contributed by atoms with Crippen LogP contribution in [0.25, 0.3) is 10.9 Å². The second-order valence-corrected chi connectivity index (χ2v) is 4.37. The minimum absolute atomic E-state index is 0.0975. The van der Waals surface area contributed by atoms with E-state index in [1.807, 2.05) is 18.2 Å². The van der Waals surface area contributed by atoms with Crippen molar-refractivity contribution in [3.63, 3.8) is 0 Å². The first kappa shape index (κ1) is 12.9. The first-order valence-electron chi connectivity index (χ1n) is 6.24. The summed E-state index contributed by atoms with van der Waals surface area (Å²) in [5.41, 5.74) is 12.0. The quantitative estimate of drug-likeness (QED) is 0.764. The molecule has 0 radical (unpaired) electrons. The van der Waals surface area contributed by atoms with Crippen LogP contribution in [0.2, 0.25) is 0 Å². The van der Waals surface area contributed by atoms with Crippen LogP contribution in [-0.4, -0.2) is 15.9 Å². The van der Waals surface area contributed by atoms with Crippen molar-refractivity contribution in [1.82, 2.24) is 9.97 Å². The summed E-state index contributed by atoms with van der Waals surface area (Å²) in [5.74, 6) is 0.136. The van der Waals surface area contributed by atoms with Crippen molar-refractivity contribution >= 4 is 22.8 Å². The molecule has 0 unspecified atom stereocenters. The van der Waals surface area contributed by atoms with Gasteiger partial charge in [-0.05, 0) is 24.3 Å². The van der Waals surface area contributed by atoms with E-state index in [0.717, 1.165) is 0 Å². The average Bonchev–Trinajstić information content (AvgIpc) is 2.47. The number of fused-ring (bicyclic) bond motifs is 1. The first-order chi connectivity index (χ1) is 10.1. The molecule has 0 bridgehead atoms. The van der Waals surface area contributed by atoms with E-state index in [1.165, 1.54) is 0 Å². The molecule has 0 aliphatic rings. The lowest BCUT2D eigenvalue weighted by Crippen LogP contribution is -2.12. The molecule has 4 N–H and O–H groups in total. The average molecular weight is 280 g/mol. The third-order valence-electron chi connectivity index (χ3n) is 2.94. The van der Waals surface area contributed by atoms with Crippen LogP contribution < -0.4 is 16.2 Å². The number of carbonyl (C=O) groups is 1. The van der Waals surface area contributed by atoms with E-state index in [2.05, 4.69) is 9.97 Å². The predicted molar refractivity (Wildman–Crippen MR) is 79.0 cm³/mol. The Bertz CT molecular complexity index is 833. The monoisotopic (exact) mass is 280 g/mol. The van der Waals surface area contributed by atoms with Crippen molar-refractivity contribution in [2.75, 3.05) is 5.73 Å². The number of nitrogen functional groups attached to an aromatic ring is 1. The molecule has 1 amide bonds. The molecule has 3 aromatic rings. The number of hydrogen-bond acceptors (Lipinski definition) is 5. The van der Waals surface area contributed by atoms with Gasteiger partial charge in [-0.25, -0.2) is 4.98 Å². The number of primary amides is 1. The predicted octanol–water partition coefficient (Wildman–Crippen LogP) is 2.10. The van der Waals surface area contributed by atoms with Crippen LogP contribution in [0, 0.1) is 0 Å². The van der Waals surface area contributed by atoms with Crippen molar-refractivity contribution in [1.29, 1.82) is 0 Å². The van der Waals surface area contributed by atoms with Crippen molar-refractivity contribution in [2.45, 2.75) is 0 Å². The summed E-state index contributed by atoms with van der Waals surface area (Å²) < 4.78 is 5.73. The zero-order valence-corrected chi connectivity index (χ0v) is 11.0. The highest BCUT2D eigenvalue weighted by Crippen LogP contribution is 2.29. The Morgan fingerprint density at radius 3 is 2.52 bits per heavy atom. The molecule has 0 saturated carbocycles. The Labute approximate surface area is 120 Å². The molecule has 0 atom stereocenters. The SMILES string of the molecule is NC(=O)c1ccccc1Oc1nc(N)nc2ccccc12. The van der Waals surface area contributed by atoms with Crippen molar-refractivity contribution in [3.8, 4) is 11.6 Å². The number of carbonyl (C=O) groups excluding carboxylic acids is 1. The topological polar surface area (TPSA) is 104 Å². The van der Waals surface area contributed by atoms with Gasteiger partial charge >= 0.3 is 0 Å². The van der Waals surface area contributed by atoms with E-state index in [-0.39, 0.29) is 17.4 Å². The smallest absolute Gasteiger partial charge is 0.252 e. The number of anilines is 1. The fourth-order valence-corrected chi connectivity index (χ4v) is 2.01. The number of nitrogens with zero attached hydrogens (tertiary/aromatic N) is 2. The third-order valence-corrected chi connectivity index (χ3v) is 2.94. The van der Waals surface area contributed by atoms with Crippen LogP contribution in [0.1, 0.15) is 10.4 Å². The van der Waals surface area contributed by atoms with Gasteiger partial charge in [-0.3, -0.25) is 4.79 Å². The lowest BCUT2D eigenvalue weighted by Gasteiger charge is -2.10. The highest BCUT2D eigenvalue weighted by atomic mass is 16.5. The second-order valence-electron chi connectivity index (χ2n) is 4.37. The van der Waals surface area contributed by atoms with E-state index >= 15 is 0 Å². The molecular weight excluding hydrogens is 268 g/mol. The third kappa shape index (κ3) is 2.46. The summed E-state index contributed by atoms with van der Waals surface area (Å²) in [6.07, 6.45) is 0. The highest BCUT2D eigenvalue weighted by Gasteiger charge is 2.13. The number of rotatable bonds is 3. The molecule has 104 valence electrons. The fraction of sp³-hybridized carbons (Fsp3) is 0. The van der Waals surface area contributed by atoms with Gasteiger partial charge < -0.3 is 16.2 Å². The molecule has 0 aliphatic carbocycles. The molecule has 21 heavy (non-hydrogen) atoms. The van der Waals surface area contributed by atoms with E-state index in [1.54, 1.807) is 30.3 Å². The van der Waals surface area contributed by atoms with E-state index in [9.17, 15) is 4.79 Å². The van der Waals surface area contributed by atoms with Gasteiger partial charge in [0, 0.05) is 0 Å². The standard InChI is InChI=1S/C15H12N4O2/c16-13(20)10-6-2-4-8-12(10)21-14-9-5-1-3-7-11(9)18-15(17)19-14/h1-8H,(H2,16,20)(H2,17,18,19). The van der Waals surface area contributed by atoms with Gasteiger partial charge in [-0.2, -0.15) is 4.98 Å². The van der Waals surface area contributed by atoms with Gasteiger partial charge in [-0.15, -0.1) is 0 Å². The van der Waals surface area contributed by atoms with Gasteiger partial charge in [0.15, 0.2) is 0 Å². The molecule has 2 aromatic carbocycles. The lowest BCUT2D eigenvalue weighted by atomic mass is 10.2. The first-order valence-corrected chi connectivity index (χ1v) is 6.24. The number of ether oxygens (including phenoxy) is 1. The molecule has 0 saturated heterocycles. The largest absolute Gasteiger partial charge is 0.437 e. The van der Waals surface area contributed by atoms with Crippen molar-refractivity contribution < 1.29 is 9.53 Å². The van der Waals surface area contributed by atoms with Gasteiger partial charge in [0.2, 0.25) is 11.8 Å². The van der Waals surface area contributed by atoms with Gasteiger partial charge in [0.05, 0.1) is 16.5 Å². The number of hydrogen-bond donors (Lipinski definition) is 2. The number of aromatic nitrogens is 2. The van der Waals surface area contributed by atoms with E-state index < -0.39 is 5.91 Å².